The van der Waals surface area contributed by atoms with E-state index >= 15 is 0 Å². The summed E-state index contributed by atoms with van der Waals surface area (Å²) in [6.45, 7) is 0.688. The number of rotatable bonds is 2. The van der Waals surface area contributed by atoms with Crippen LogP contribution >= 0.6 is 0 Å². The van der Waals surface area contributed by atoms with Crippen LogP contribution in [0.3, 0.4) is 0 Å². The number of ether oxygens (including phenoxy) is 1. The van der Waals surface area contributed by atoms with Crippen molar-refractivity contribution in [2.24, 2.45) is 0 Å². The van der Waals surface area contributed by atoms with Gasteiger partial charge in [-0.25, -0.2) is 0 Å². The zero-order valence-corrected chi connectivity index (χ0v) is 9.21. The lowest BCUT2D eigenvalue weighted by Gasteiger charge is -2.14. The summed E-state index contributed by atoms with van der Waals surface area (Å²) >= 11 is 0. The molecule has 4 nitrogen and oxygen atoms in total. The summed E-state index contributed by atoms with van der Waals surface area (Å²) in [6, 6.07) is 7.62. The van der Waals surface area contributed by atoms with Crippen LogP contribution in [0.25, 0.3) is 0 Å². The maximum Gasteiger partial charge on any atom is 0.128 e. The Morgan fingerprint density at radius 3 is 3.00 bits per heavy atom. The zero-order valence-electron chi connectivity index (χ0n) is 9.21. The Hall–Kier alpha value is -1.94. The first-order chi connectivity index (χ1) is 8.36. The molecule has 1 unspecified atom stereocenters. The Morgan fingerprint density at radius 2 is 2.18 bits per heavy atom. The van der Waals surface area contributed by atoms with Gasteiger partial charge in [-0.2, -0.15) is 10.2 Å². The zero-order chi connectivity index (χ0) is 11.7. The highest BCUT2D eigenvalue weighted by atomic mass is 16.5. The fraction of sp³-hybridized carbons (Fsp3) is 0.231. The molecule has 4 heteroatoms. The second-order valence-corrected chi connectivity index (χ2v) is 4.01. The molecule has 0 fully saturated rings. The SMILES string of the molecule is OC(c1ccnnc1)c1cccc2c1OCC2. The number of aromatic nitrogens is 2. The van der Waals surface area contributed by atoms with Crippen molar-refractivity contribution in [3.8, 4) is 5.75 Å². The number of nitrogens with zero attached hydrogens (tertiary/aromatic N) is 2. The van der Waals surface area contributed by atoms with Crippen molar-refractivity contribution >= 4 is 0 Å². The molecule has 0 radical (unpaired) electrons. The second kappa shape index (κ2) is 4.14. The van der Waals surface area contributed by atoms with Gasteiger partial charge >= 0.3 is 0 Å². The molecule has 1 aliphatic heterocycles. The quantitative estimate of drug-likeness (QED) is 0.846. The molecule has 17 heavy (non-hydrogen) atoms. The molecule has 0 amide bonds. The number of hydrogen-bond donors (Lipinski definition) is 1. The Bertz CT molecular complexity index is 528. The molecule has 2 aromatic rings. The minimum absolute atomic E-state index is 0.688. The van der Waals surface area contributed by atoms with Gasteiger partial charge in [0.1, 0.15) is 11.9 Å². The maximum absolute atomic E-state index is 10.3. The van der Waals surface area contributed by atoms with Gasteiger partial charge in [-0.05, 0) is 11.6 Å². The average molecular weight is 228 g/mol. The van der Waals surface area contributed by atoms with Crippen LogP contribution in [0.15, 0.2) is 36.7 Å². The molecule has 0 bridgehead atoms. The van der Waals surface area contributed by atoms with E-state index in [1.165, 1.54) is 0 Å². The Balaban J connectivity index is 2.03. The molecule has 3 rings (SSSR count). The summed E-state index contributed by atoms with van der Waals surface area (Å²) < 4.78 is 5.58. The molecule has 86 valence electrons. The maximum atomic E-state index is 10.3. The van der Waals surface area contributed by atoms with E-state index in [4.69, 9.17) is 4.74 Å². The molecular weight excluding hydrogens is 216 g/mol. The topological polar surface area (TPSA) is 55.2 Å². The summed E-state index contributed by atoms with van der Waals surface area (Å²) in [5, 5.41) is 17.8. The first kappa shape index (κ1) is 10.2. The molecule has 0 spiro atoms. The van der Waals surface area contributed by atoms with E-state index in [9.17, 15) is 5.11 Å². The van der Waals surface area contributed by atoms with Crippen LogP contribution in [0.5, 0.6) is 5.75 Å². The Labute approximate surface area is 98.9 Å². The Kier molecular flexibility index (Phi) is 2.49. The van der Waals surface area contributed by atoms with Crippen molar-refractivity contribution in [2.45, 2.75) is 12.5 Å². The predicted molar refractivity (Wildman–Crippen MR) is 61.7 cm³/mol. The van der Waals surface area contributed by atoms with E-state index < -0.39 is 6.10 Å². The smallest absolute Gasteiger partial charge is 0.128 e. The number of para-hydroxylation sites is 1. The van der Waals surface area contributed by atoms with Crippen molar-refractivity contribution in [1.82, 2.24) is 10.2 Å². The highest BCUT2D eigenvalue weighted by Crippen LogP contribution is 2.35. The van der Waals surface area contributed by atoms with Crippen LogP contribution in [-0.4, -0.2) is 21.9 Å². The third kappa shape index (κ3) is 1.76. The molecule has 1 aromatic heterocycles. The van der Waals surface area contributed by atoms with Gasteiger partial charge in [0, 0.05) is 23.7 Å². The minimum Gasteiger partial charge on any atom is -0.493 e. The van der Waals surface area contributed by atoms with Crippen molar-refractivity contribution in [2.75, 3.05) is 6.61 Å². The van der Waals surface area contributed by atoms with Gasteiger partial charge in [-0.3, -0.25) is 0 Å². The lowest BCUT2D eigenvalue weighted by molar-refractivity contribution is 0.213. The second-order valence-electron chi connectivity index (χ2n) is 4.01. The van der Waals surface area contributed by atoms with Crippen molar-refractivity contribution in [3.05, 3.63) is 53.3 Å². The first-order valence-electron chi connectivity index (χ1n) is 5.55. The highest BCUT2D eigenvalue weighted by molar-refractivity contribution is 5.47. The molecule has 1 aliphatic rings. The average Bonchev–Trinajstić information content (AvgIpc) is 2.87. The lowest BCUT2D eigenvalue weighted by atomic mass is 10.00. The van der Waals surface area contributed by atoms with E-state index in [1.807, 2.05) is 18.2 Å². The van der Waals surface area contributed by atoms with Gasteiger partial charge in [-0.1, -0.05) is 18.2 Å². The largest absolute Gasteiger partial charge is 0.493 e. The fourth-order valence-electron chi connectivity index (χ4n) is 2.10. The van der Waals surface area contributed by atoms with Gasteiger partial charge in [0.05, 0.1) is 12.8 Å². The molecule has 0 saturated carbocycles. The molecule has 1 atom stereocenters. The van der Waals surface area contributed by atoms with Gasteiger partial charge < -0.3 is 9.84 Å². The summed E-state index contributed by atoms with van der Waals surface area (Å²) in [4.78, 5) is 0. The Morgan fingerprint density at radius 1 is 1.24 bits per heavy atom. The van der Waals surface area contributed by atoms with E-state index in [0.29, 0.717) is 6.61 Å². The van der Waals surface area contributed by atoms with Crippen molar-refractivity contribution in [1.29, 1.82) is 0 Å². The molecular formula is C13H12N2O2. The van der Waals surface area contributed by atoms with E-state index in [1.54, 1.807) is 18.5 Å². The van der Waals surface area contributed by atoms with Crippen molar-refractivity contribution in [3.63, 3.8) is 0 Å². The third-order valence-electron chi connectivity index (χ3n) is 2.96. The molecule has 0 aliphatic carbocycles. The number of fused-ring (bicyclic) bond motifs is 1. The summed E-state index contributed by atoms with van der Waals surface area (Å²) in [7, 11) is 0. The molecule has 0 saturated heterocycles. The van der Waals surface area contributed by atoms with Crippen LogP contribution in [-0.2, 0) is 6.42 Å². The van der Waals surface area contributed by atoms with Crippen LogP contribution in [0.2, 0.25) is 0 Å². The lowest BCUT2D eigenvalue weighted by Crippen LogP contribution is -2.02. The van der Waals surface area contributed by atoms with Crippen LogP contribution in [0.1, 0.15) is 22.8 Å². The molecule has 1 aromatic carbocycles. The van der Waals surface area contributed by atoms with E-state index in [2.05, 4.69) is 10.2 Å². The summed E-state index contributed by atoms with van der Waals surface area (Å²) in [5.74, 6) is 0.816. The number of aliphatic hydroxyl groups is 1. The van der Waals surface area contributed by atoms with Gasteiger partial charge in [0.15, 0.2) is 0 Å². The van der Waals surface area contributed by atoms with E-state index in [-0.39, 0.29) is 0 Å². The van der Waals surface area contributed by atoms with E-state index in [0.717, 1.165) is 28.9 Å². The van der Waals surface area contributed by atoms with Gasteiger partial charge in [0.2, 0.25) is 0 Å². The molecule has 1 N–H and O–H groups in total. The first-order valence-corrected chi connectivity index (χ1v) is 5.55. The van der Waals surface area contributed by atoms with Crippen LogP contribution < -0.4 is 4.74 Å². The summed E-state index contributed by atoms with van der Waals surface area (Å²) in [6.07, 6.45) is 3.34. The van der Waals surface area contributed by atoms with Crippen LogP contribution in [0.4, 0.5) is 0 Å². The fourth-order valence-corrected chi connectivity index (χ4v) is 2.10. The van der Waals surface area contributed by atoms with Gasteiger partial charge in [0.25, 0.3) is 0 Å². The summed E-state index contributed by atoms with van der Waals surface area (Å²) in [5.41, 5.74) is 2.68. The minimum atomic E-state index is -0.710. The third-order valence-corrected chi connectivity index (χ3v) is 2.96. The monoisotopic (exact) mass is 228 g/mol. The standard InChI is InChI=1S/C13H12N2O2/c16-12(10-4-6-14-15-8-10)11-3-1-2-9-5-7-17-13(9)11/h1-4,6,8,12,16H,5,7H2. The molecule has 2 heterocycles. The van der Waals surface area contributed by atoms with Crippen molar-refractivity contribution < 1.29 is 9.84 Å². The van der Waals surface area contributed by atoms with Gasteiger partial charge in [-0.15, -0.1) is 0 Å². The normalized spacial score (nSPS) is 15.1. The number of aliphatic hydroxyl groups excluding tert-OH is 1. The number of hydrogen-bond acceptors (Lipinski definition) is 4. The highest BCUT2D eigenvalue weighted by Gasteiger charge is 2.21. The predicted octanol–water partition coefficient (Wildman–Crippen LogP) is 1.49. The van der Waals surface area contributed by atoms with Crippen LogP contribution in [0, 0.1) is 0 Å². The number of benzene rings is 1.